The largest absolute Gasteiger partial charge is 3.00 e. The number of aliphatic imine (C=N–C) groups is 2. The summed E-state index contributed by atoms with van der Waals surface area (Å²) in [7, 11) is 0. The summed E-state index contributed by atoms with van der Waals surface area (Å²) in [6.07, 6.45) is 6.30. The van der Waals surface area contributed by atoms with Gasteiger partial charge in [-0.25, -0.2) is 0 Å². The van der Waals surface area contributed by atoms with E-state index in [1.165, 1.54) is 11.1 Å². The SMILES string of the molecule is CC(=Nc1c(C)cc(Cl)cc1Cl)c1cccnc1.C[C-]=Nc1c(C)cccc1C.[Cl-].[Cl-].[Fe+3]. The zero-order chi connectivity index (χ0) is 21.4. The first kappa shape index (κ1) is 32.8. The summed E-state index contributed by atoms with van der Waals surface area (Å²) in [5, 5.41) is 1.18. The van der Waals surface area contributed by atoms with E-state index in [0.29, 0.717) is 10.0 Å². The van der Waals surface area contributed by atoms with Crippen molar-refractivity contribution in [3.63, 3.8) is 0 Å². The van der Waals surface area contributed by atoms with Gasteiger partial charge in [-0.05, 0) is 37.6 Å². The molecule has 0 saturated heterocycles. The minimum absolute atomic E-state index is 0. The molecule has 1 radical (unpaired) electrons. The maximum atomic E-state index is 6.16. The van der Waals surface area contributed by atoms with Crippen LogP contribution in [0.3, 0.4) is 0 Å². The van der Waals surface area contributed by atoms with E-state index in [9.17, 15) is 0 Å². The molecule has 0 N–H and O–H groups in total. The van der Waals surface area contributed by atoms with Crippen LogP contribution < -0.4 is 24.8 Å². The van der Waals surface area contributed by atoms with Crippen molar-refractivity contribution in [1.82, 2.24) is 4.98 Å². The Morgan fingerprint density at radius 1 is 0.906 bits per heavy atom. The average Bonchev–Trinajstić information content (AvgIpc) is 2.69. The third-order valence-corrected chi connectivity index (χ3v) is 4.75. The molecule has 3 nitrogen and oxygen atoms in total. The number of benzene rings is 2. The smallest absolute Gasteiger partial charge is 1.00 e. The van der Waals surface area contributed by atoms with Crippen LogP contribution in [-0.2, 0) is 17.1 Å². The molecule has 0 atom stereocenters. The van der Waals surface area contributed by atoms with Gasteiger partial charge in [0.05, 0.1) is 10.7 Å². The molecule has 0 aliphatic carbocycles. The van der Waals surface area contributed by atoms with E-state index in [4.69, 9.17) is 23.2 Å². The van der Waals surface area contributed by atoms with Crippen molar-refractivity contribution in [3.8, 4) is 0 Å². The fraction of sp³-hybridized carbons (Fsp3) is 0.208. The van der Waals surface area contributed by atoms with Gasteiger partial charge < -0.3 is 29.8 Å². The molecule has 8 heteroatoms. The van der Waals surface area contributed by atoms with Crippen LogP contribution in [0.2, 0.25) is 10.0 Å². The first-order valence-corrected chi connectivity index (χ1v) is 9.94. The molecule has 0 fully saturated rings. The van der Waals surface area contributed by atoms with Crippen LogP contribution in [0.15, 0.2) is 64.8 Å². The summed E-state index contributed by atoms with van der Waals surface area (Å²) in [6.45, 7) is 9.80. The fourth-order valence-corrected chi connectivity index (χ4v) is 3.38. The molecule has 3 rings (SSSR count). The standard InChI is InChI=1S/C14H12Cl2N2.C10H12N.2ClH.Fe/c1-9-6-12(15)7-13(16)14(9)18-10(2)11-4-3-5-17-8-11;1-4-11-10-8(2)6-5-7-9(10)3;;;/h3-8H,1-2H3;5-7H,1-3H3;2*1H;/q;-1;;;+3/p-2. The Morgan fingerprint density at radius 3 is 2.03 bits per heavy atom. The van der Waals surface area contributed by atoms with Gasteiger partial charge in [-0.1, -0.05) is 67.0 Å². The molecule has 0 unspecified atom stereocenters. The van der Waals surface area contributed by atoms with Crippen molar-refractivity contribution in [2.75, 3.05) is 0 Å². The molecular formula is C24H24Cl4FeN3. The summed E-state index contributed by atoms with van der Waals surface area (Å²) in [5.74, 6) is 0. The van der Waals surface area contributed by atoms with Crippen molar-refractivity contribution in [3.05, 3.63) is 87.2 Å². The second-order valence-electron chi connectivity index (χ2n) is 6.57. The molecule has 2 aromatic carbocycles. The monoisotopic (exact) mass is 550 g/mol. The van der Waals surface area contributed by atoms with Crippen LogP contribution in [0.1, 0.15) is 36.1 Å². The van der Waals surface area contributed by atoms with Crippen LogP contribution in [0.4, 0.5) is 11.4 Å². The number of nitrogens with zero attached hydrogens (tertiary/aromatic N) is 3. The minimum atomic E-state index is 0. The van der Waals surface area contributed by atoms with E-state index in [1.54, 1.807) is 18.5 Å². The van der Waals surface area contributed by atoms with Gasteiger partial charge in [-0.3, -0.25) is 9.98 Å². The van der Waals surface area contributed by atoms with Crippen LogP contribution >= 0.6 is 23.2 Å². The normalized spacial score (nSPS) is 10.3. The summed E-state index contributed by atoms with van der Waals surface area (Å²) < 4.78 is 0. The number of hydrogen-bond donors (Lipinski definition) is 0. The Bertz CT molecular complexity index is 995. The molecule has 0 spiro atoms. The van der Waals surface area contributed by atoms with Crippen molar-refractivity contribution < 1.29 is 41.9 Å². The first-order valence-electron chi connectivity index (χ1n) is 9.18. The molecular weight excluding hydrogens is 528 g/mol. The van der Waals surface area contributed by atoms with Gasteiger partial charge in [-0.2, -0.15) is 6.21 Å². The van der Waals surface area contributed by atoms with E-state index >= 15 is 0 Å². The molecule has 0 amide bonds. The molecule has 0 bridgehead atoms. The van der Waals surface area contributed by atoms with Crippen LogP contribution in [-0.4, -0.2) is 16.9 Å². The van der Waals surface area contributed by atoms with E-state index in [-0.39, 0.29) is 41.9 Å². The predicted molar refractivity (Wildman–Crippen MR) is 126 cm³/mol. The summed E-state index contributed by atoms with van der Waals surface area (Å²) in [5.41, 5.74) is 7.02. The zero-order valence-corrected chi connectivity index (χ0v) is 22.5. The molecule has 32 heavy (non-hydrogen) atoms. The third-order valence-electron chi connectivity index (χ3n) is 4.24. The van der Waals surface area contributed by atoms with Gasteiger partial charge in [0.2, 0.25) is 0 Å². The molecule has 3 aromatic rings. The number of halogens is 4. The van der Waals surface area contributed by atoms with Crippen molar-refractivity contribution in [2.45, 2.75) is 34.6 Å². The fourth-order valence-electron chi connectivity index (χ4n) is 2.74. The molecule has 171 valence electrons. The Balaban J connectivity index is 0. The van der Waals surface area contributed by atoms with E-state index in [2.05, 4.69) is 47.2 Å². The number of hydrogen-bond acceptors (Lipinski definition) is 3. The number of rotatable bonds is 3. The second kappa shape index (κ2) is 16.3. The van der Waals surface area contributed by atoms with Gasteiger partial charge in [0, 0.05) is 28.7 Å². The van der Waals surface area contributed by atoms with Gasteiger partial charge >= 0.3 is 17.1 Å². The van der Waals surface area contributed by atoms with Crippen molar-refractivity contribution in [1.29, 1.82) is 0 Å². The Labute approximate surface area is 224 Å². The Kier molecular flexibility index (Phi) is 16.7. The summed E-state index contributed by atoms with van der Waals surface area (Å²) in [6, 6.07) is 13.6. The van der Waals surface area contributed by atoms with Gasteiger partial charge in [-0.15, -0.1) is 18.1 Å². The molecule has 1 heterocycles. The average molecular weight is 552 g/mol. The van der Waals surface area contributed by atoms with Crippen LogP contribution in [0.25, 0.3) is 0 Å². The topological polar surface area (TPSA) is 37.6 Å². The molecule has 0 aliphatic rings. The zero-order valence-electron chi connectivity index (χ0n) is 18.4. The second-order valence-corrected chi connectivity index (χ2v) is 7.41. The predicted octanol–water partition coefficient (Wildman–Crippen LogP) is 1.75. The number of aromatic nitrogens is 1. The number of aryl methyl sites for hydroxylation is 3. The maximum absolute atomic E-state index is 6.16. The number of pyridine rings is 1. The molecule has 0 saturated carbocycles. The van der Waals surface area contributed by atoms with Crippen molar-refractivity contribution >= 4 is 46.5 Å². The van der Waals surface area contributed by atoms with E-state index in [0.717, 1.165) is 28.2 Å². The quantitative estimate of drug-likeness (QED) is 0.278. The minimum Gasteiger partial charge on any atom is -1.00 e. The van der Waals surface area contributed by atoms with Crippen LogP contribution in [0, 0.1) is 20.8 Å². The van der Waals surface area contributed by atoms with Gasteiger partial charge in [0.1, 0.15) is 0 Å². The van der Waals surface area contributed by atoms with Gasteiger partial charge in [0.25, 0.3) is 0 Å². The third kappa shape index (κ3) is 9.62. The van der Waals surface area contributed by atoms with Crippen LogP contribution in [0.5, 0.6) is 0 Å². The first-order chi connectivity index (χ1) is 13.8. The van der Waals surface area contributed by atoms with E-state index in [1.807, 2.05) is 45.0 Å². The van der Waals surface area contributed by atoms with E-state index < -0.39 is 0 Å². The number of para-hydroxylation sites is 1. The van der Waals surface area contributed by atoms with Crippen molar-refractivity contribution in [2.24, 2.45) is 9.98 Å². The summed E-state index contributed by atoms with van der Waals surface area (Å²) in [4.78, 5) is 12.8. The summed E-state index contributed by atoms with van der Waals surface area (Å²) >= 11 is 12.1. The Morgan fingerprint density at radius 2 is 1.53 bits per heavy atom. The molecule has 1 aromatic heterocycles. The Hall–Kier alpha value is -1.39. The maximum Gasteiger partial charge on any atom is 3.00 e. The molecule has 0 aliphatic heterocycles. The van der Waals surface area contributed by atoms with Gasteiger partial charge in [0.15, 0.2) is 0 Å².